The molecular weight excluding hydrogens is 286 g/mol. The molecule has 110 valence electrons. The van der Waals surface area contributed by atoms with E-state index in [1.54, 1.807) is 12.3 Å². The molecule has 1 N–H and O–H groups in total. The fraction of sp³-hybridized carbons (Fsp3) is 0.333. The van der Waals surface area contributed by atoms with E-state index in [1.165, 1.54) is 16.0 Å². The average Bonchev–Trinajstić information content (AvgIpc) is 2.94. The molecule has 0 bridgehead atoms. The van der Waals surface area contributed by atoms with Gasteiger partial charge < -0.3 is 10.0 Å². The van der Waals surface area contributed by atoms with E-state index in [0.717, 1.165) is 22.0 Å². The quantitative estimate of drug-likeness (QED) is 0.861. The fourth-order valence-corrected chi connectivity index (χ4v) is 2.60. The Labute approximate surface area is 127 Å². The van der Waals surface area contributed by atoms with E-state index < -0.39 is 0 Å². The molecule has 2 heterocycles. The summed E-state index contributed by atoms with van der Waals surface area (Å²) in [7, 11) is 1.92. The smallest absolute Gasteiger partial charge is 0.269 e. The summed E-state index contributed by atoms with van der Waals surface area (Å²) in [5, 5.41) is 12.9. The van der Waals surface area contributed by atoms with E-state index in [0.29, 0.717) is 6.54 Å². The lowest BCUT2D eigenvalue weighted by molar-refractivity contribution is 0.350. The minimum Gasteiger partial charge on any atom is -0.384 e. The predicted molar refractivity (Wildman–Crippen MR) is 84.8 cm³/mol. The third kappa shape index (κ3) is 3.94. The van der Waals surface area contributed by atoms with E-state index in [9.17, 15) is 4.79 Å². The molecule has 0 unspecified atom stereocenters. The molecule has 0 aromatic carbocycles. The van der Waals surface area contributed by atoms with Gasteiger partial charge in [-0.25, -0.2) is 4.68 Å². The molecule has 0 fully saturated rings. The van der Waals surface area contributed by atoms with Crippen LogP contribution >= 0.6 is 11.3 Å². The van der Waals surface area contributed by atoms with Gasteiger partial charge >= 0.3 is 0 Å². The number of hydrogen-bond acceptors (Lipinski definition) is 5. The largest absolute Gasteiger partial charge is 0.384 e. The Morgan fingerprint density at radius 1 is 1.48 bits per heavy atom. The van der Waals surface area contributed by atoms with Crippen molar-refractivity contribution in [1.82, 2.24) is 9.78 Å². The standard InChI is InChI=1S/C15H17N3O2S/c1-3-17(2)12-9-15(20)18(16-10-12)11-14-7-6-13(21-14)5-4-8-19/h6-7,9-10,19H,3,8,11H2,1-2H3. The predicted octanol–water partition coefficient (Wildman–Crippen LogP) is 1.15. The summed E-state index contributed by atoms with van der Waals surface area (Å²) in [4.78, 5) is 15.9. The first kappa shape index (κ1) is 15.3. The number of thiophene rings is 1. The number of rotatable bonds is 4. The van der Waals surface area contributed by atoms with Gasteiger partial charge in [-0.05, 0) is 19.1 Å². The van der Waals surface area contributed by atoms with Crippen molar-refractivity contribution in [2.75, 3.05) is 25.1 Å². The molecular formula is C15H17N3O2S. The van der Waals surface area contributed by atoms with Crippen LogP contribution in [0.3, 0.4) is 0 Å². The maximum absolute atomic E-state index is 12.1. The van der Waals surface area contributed by atoms with Crippen LogP contribution in [0.4, 0.5) is 5.69 Å². The van der Waals surface area contributed by atoms with Crippen LogP contribution < -0.4 is 10.5 Å². The van der Waals surface area contributed by atoms with E-state index >= 15 is 0 Å². The van der Waals surface area contributed by atoms with Crippen LogP contribution in [0.1, 0.15) is 16.7 Å². The highest BCUT2D eigenvalue weighted by molar-refractivity contribution is 7.12. The Bertz CT molecular complexity index is 724. The van der Waals surface area contributed by atoms with E-state index in [2.05, 4.69) is 16.9 Å². The average molecular weight is 303 g/mol. The molecule has 2 aromatic rings. The zero-order valence-electron chi connectivity index (χ0n) is 12.0. The van der Waals surface area contributed by atoms with E-state index in [4.69, 9.17) is 5.11 Å². The second-order valence-electron chi connectivity index (χ2n) is 4.45. The van der Waals surface area contributed by atoms with Gasteiger partial charge in [-0.1, -0.05) is 11.8 Å². The monoisotopic (exact) mass is 303 g/mol. The van der Waals surface area contributed by atoms with E-state index in [1.807, 2.05) is 31.0 Å². The number of hydrogen-bond donors (Lipinski definition) is 1. The number of aliphatic hydroxyl groups is 1. The molecule has 0 saturated heterocycles. The first-order valence-electron chi connectivity index (χ1n) is 6.60. The number of aliphatic hydroxyl groups excluding tert-OH is 1. The molecule has 0 saturated carbocycles. The SMILES string of the molecule is CCN(C)c1cnn(Cc2ccc(C#CCO)s2)c(=O)c1. The van der Waals surface area contributed by atoms with Crippen LogP contribution in [0.2, 0.25) is 0 Å². The molecule has 5 nitrogen and oxygen atoms in total. The molecule has 6 heteroatoms. The van der Waals surface area contributed by atoms with Gasteiger partial charge in [-0.2, -0.15) is 5.10 Å². The van der Waals surface area contributed by atoms with Crippen molar-refractivity contribution in [3.63, 3.8) is 0 Å². The van der Waals surface area contributed by atoms with Crippen molar-refractivity contribution < 1.29 is 5.11 Å². The normalized spacial score (nSPS) is 10.0. The minimum absolute atomic E-state index is 0.121. The number of nitrogens with zero attached hydrogens (tertiary/aromatic N) is 3. The number of anilines is 1. The summed E-state index contributed by atoms with van der Waals surface area (Å²) in [5.74, 6) is 5.46. The summed E-state index contributed by atoms with van der Waals surface area (Å²) in [5.41, 5.74) is 0.698. The maximum Gasteiger partial charge on any atom is 0.269 e. The third-order valence-corrected chi connectivity index (χ3v) is 4.01. The van der Waals surface area contributed by atoms with Crippen LogP contribution in [0.5, 0.6) is 0 Å². The molecule has 0 spiro atoms. The van der Waals surface area contributed by atoms with Crippen molar-refractivity contribution in [2.24, 2.45) is 0 Å². The van der Waals surface area contributed by atoms with E-state index in [-0.39, 0.29) is 12.2 Å². The molecule has 2 aromatic heterocycles. The summed E-state index contributed by atoms with van der Waals surface area (Å²) >= 11 is 1.50. The Kier molecular flexibility index (Phi) is 5.14. The molecule has 0 amide bonds. The van der Waals surface area contributed by atoms with Gasteiger partial charge in [0.05, 0.1) is 23.3 Å². The minimum atomic E-state index is -0.152. The summed E-state index contributed by atoms with van der Waals surface area (Å²) < 4.78 is 1.43. The Hall–Kier alpha value is -2.10. The molecule has 0 aliphatic heterocycles. The van der Waals surface area contributed by atoms with Gasteiger partial charge in [0.2, 0.25) is 0 Å². The second kappa shape index (κ2) is 7.07. The van der Waals surface area contributed by atoms with Gasteiger partial charge in [0.25, 0.3) is 5.56 Å². The Morgan fingerprint density at radius 3 is 2.95 bits per heavy atom. The zero-order chi connectivity index (χ0) is 15.2. The van der Waals surface area contributed by atoms with Crippen LogP contribution in [-0.4, -0.2) is 35.1 Å². The maximum atomic E-state index is 12.1. The van der Waals surface area contributed by atoms with Crippen molar-refractivity contribution >= 4 is 17.0 Å². The highest BCUT2D eigenvalue weighted by Crippen LogP contribution is 2.16. The first-order chi connectivity index (χ1) is 10.1. The molecule has 21 heavy (non-hydrogen) atoms. The molecule has 2 rings (SSSR count). The summed E-state index contributed by atoms with van der Waals surface area (Å²) in [6.07, 6.45) is 1.70. The fourth-order valence-electron chi connectivity index (χ4n) is 1.74. The zero-order valence-corrected chi connectivity index (χ0v) is 12.9. The molecule has 0 atom stereocenters. The lowest BCUT2D eigenvalue weighted by Gasteiger charge is -2.16. The van der Waals surface area contributed by atoms with Gasteiger partial charge in [0.1, 0.15) is 6.61 Å². The molecule has 0 aliphatic rings. The number of aromatic nitrogens is 2. The van der Waals surface area contributed by atoms with Gasteiger partial charge in [-0.3, -0.25) is 4.79 Å². The van der Waals surface area contributed by atoms with Crippen molar-refractivity contribution in [2.45, 2.75) is 13.5 Å². The van der Waals surface area contributed by atoms with Crippen LogP contribution in [-0.2, 0) is 6.54 Å². The highest BCUT2D eigenvalue weighted by Gasteiger charge is 2.05. The lowest BCUT2D eigenvalue weighted by atomic mass is 10.4. The molecule has 0 radical (unpaired) electrons. The summed E-state index contributed by atoms with van der Waals surface area (Å²) in [6.45, 7) is 3.12. The van der Waals surface area contributed by atoms with Crippen molar-refractivity contribution in [3.8, 4) is 11.8 Å². The van der Waals surface area contributed by atoms with Crippen LogP contribution in [0.25, 0.3) is 0 Å². The first-order valence-corrected chi connectivity index (χ1v) is 7.42. The third-order valence-electron chi connectivity index (χ3n) is 3.03. The summed E-state index contributed by atoms with van der Waals surface area (Å²) in [6, 6.07) is 5.40. The lowest BCUT2D eigenvalue weighted by Crippen LogP contribution is -2.25. The van der Waals surface area contributed by atoms with Gasteiger partial charge in [-0.15, -0.1) is 11.3 Å². The van der Waals surface area contributed by atoms with Gasteiger partial charge in [0, 0.05) is 24.5 Å². The van der Waals surface area contributed by atoms with Gasteiger partial charge in [0.15, 0.2) is 0 Å². The Morgan fingerprint density at radius 2 is 2.29 bits per heavy atom. The van der Waals surface area contributed by atoms with Crippen LogP contribution in [0, 0.1) is 11.8 Å². The van der Waals surface area contributed by atoms with Crippen LogP contribution in [0.15, 0.2) is 29.2 Å². The second-order valence-corrected chi connectivity index (χ2v) is 5.62. The molecule has 0 aliphatic carbocycles. The Balaban J connectivity index is 2.16. The topological polar surface area (TPSA) is 58.4 Å². The van der Waals surface area contributed by atoms with Crippen molar-refractivity contribution in [3.05, 3.63) is 44.5 Å². The highest BCUT2D eigenvalue weighted by atomic mass is 32.1. The van der Waals surface area contributed by atoms with Crippen molar-refractivity contribution in [1.29, 1.82) is 0 Å².